The number of esters is 1. The molecule has 7 heteroatoms. The van der Waals surface area contributed by atoms with E-state index in [1.165, 1.54) is 29.3 Å². The van der Waals surface area contributed by atoms with Gasteiger partial charge in [0.25, 0.3) is 5.91 Å². The third-order valence-corrected chi connectivity index (χ3v) is 4.71. The summed E-state index contributed by atoms with van der Waals surface area (Å²) in [6, 6.07) is 7.60. The van der Waals surface area contributed by atoms with Gasteiger partial charge in [0.2, 0.25) is 0 Å². The number of benzene rings is 1. The molecule has 0 bridgehead atoms. The van der Waals surface area contributed by atoms with Crippen LogP contribution < -0.4 is 5.32 Å². The molecule has 1 aromatic heterocycles. The molecule has 2 rings (SSSR count). The van der Waals surface area contributed by atoms with E-state index in [9.17, 15) is 9.59 Å². The van der Waals surface area contributed by atoms with Crippen molar-refractivity contribution >= 4 is 35.2 Å². The molecule has 0 saturated heterocycles. The summed E-state index contributed by atoms with van der Waals surface area (Å²) in [4.78, 5) is 24.3. The van der Waals surface area contributed by atoms with Gasteiger partial charge in [-0.2, -0.15) is 5.10 Å². The zero-order valence-electron chi connectivity index (χ0n) is 17.0. The van der Waals surface area contributed by atoms with Crippen molar-refractivity contribution in [3.63, 3.8) is 0 Å². The van der Waals surface area contributed by atoms with Crippen molar-refractivity contribution in [3.8, 4) is 0 Å². The fourth-order valence-electron chi connectivity index (χ4n) is 2.55. The summed E-state index contributed by atoms with van der Waals surface area (Å²) in [7, 11) is 1.71. The molecule has 1 N–H and O–H groups in total. The van der Waals surface area contributed by atoms with Gasteiger partial charge in [0.15, 0.2) is 6.10 Å². The molecule has 0 radical (unpaired) electrons. The van der Waals surface area contributed by atoms with Crippen molar-refractivity contribution in [2.45, 2.75) is 46.1 Å². The largest absolute Gasteiger partial charge is 0.449 e. The molecule has 1 atom stereocenters. The molecule has 0 aliphatic rings. The lowest BCUT2D eigenvalue weighted by atomic mass is 9.87. The first-order valence-corrected chi connectivity index (χ1v) is 9.36. The van der Waals surface area contributed by atoms with Gasteiger partial charge >= 0.3 is 5.97 Å². The van der Waals surface area contributed by atoms with E-state index in [-0.39, 0.29) is 5.41 Å². The van der Waals surface area contributed by atoms with Gasteiger partial charge in [-0.05, 0) is 43.0 Å². The predicted molar refractivity (Wildman–Crippen MR) is 111 cm³/mol. The zero-order chi connectivity index (χ0) is 21.1. The molecule has 0 fully saturated rings. The van der Waals surface area contributed by atoms with E-state index in [0.29, 0.717) is 22.1 Å². The molecule has 1 aromatic carbocycles. The Morgan fingerprint density at radius 1 is 1.25 bits per heavy atom. The Morgan fingerprint density at radius 2 is 1.86 bits per heavy atom. The quantitative estimate of drug-likeness (QED) is 0.597. The lowest BCUT2D eigenvalue weighted by Crippen LogP contribution is -2.29. The molecule has 1 heterocycles. The Hall–Kier alpha value is -2.60. The van der Waals surface area contributed by atoms with Crippen molar-refractivity contribution in [2.75, 3.05) is 5.32 Å². The van der Waals surface area contributed by atoms with Gasteiger partial charge in [-0.25, -0.2) is 4.79 Å². The fourth-order valence-corrected chi connectivity index (χ4v) is 2.79. The van der Waals surface area contributed by atoms with Gasteiger partial charge in [-0.15, -0.1) is 0 Å². The van der Waals surface area contributed by atoms with Crippen LogP contribution in [0.3, 0.4) is 0 Å². The summed E-state index contributed by atoms with van der Waals surface area (Å²) in [5, 5.41) is 7.33. The maximum atomic E-state index is 12.3. The summed E-state index contributed by atoms with van der Waals surface area (Å²) in [6.45, 7) is 9.67. The number of anilines is 1. The Kier molecular flexibility index (Phi) is 6.67. The average Bonchev–Trinajstić information content (AvgIpc) is 2.84. The summed E-state index contributed by atoms with van der Waals surface area (Å²) in [5.74, 6) is -1.04. The van der Waals surface area contributed by atoms with Gasteiger partial charge in [-0.3, -0.25) is 9.48 Å². The first kappa shape index (κ1) is 21.7. The molecule has 150 valence electrons. The molecule has 0 aliphatic carbocycles. The standard InChI is InChI=1S/C21H26ClN3O3/c1-13-17(19(22)25(6)24-13)11-12-18(26)28-14(2)20(27)23-16-9-7-15(8-10-16)21(3,4)5/h7-12,14H,1-6H3,(H,23,27)/b12-11-/t14-/m1/s1. The average molecular weight is 404 g/mol. The molecular weight excluding hydrogens is 378 g/mol. The Bertz CT molecular complexity index is 893. The minimum absolute atomic E-state index is 0.0349. The van der Waals surface area contributed by atoms with Crippen molar-refractivity contribution in [3.05, 3.63) is 52.3 Å². The highest BCUT2D eigenvalue weighted by Crippen LogP contribution is 2.23. The molecule has 6 nitrogen and oxygen atoms in total. The van der Waals surface area contributed by atoms with Crippen LogP contribution in [0.2, 0.25) is 5.15 Å². The van der Waals surface area contributed by atoms with Crippen LogP contribution in [0.15, 0.2) is 30.3 Å². The summed E-state index contributed by atoms with van der Waals surface area (Å²) < 4.78 is 6.68. The number of halogens is 1. The molecule has 28 heavy (non-hydrogen) atoms. The van der Waals surface area contributed by atoms with Crippen LogP contribution in [0, 0.1) is 6.92 Å². The molecule has 0 spiro atoms. The molecule has 0 aliphatic heterocycles. The third kappa shape index (κ3) is 5.45. The highest BCUT2D eigenvalue weighted by atomic mass is 35.5. The van der Waals surface area contributed by atoms with E-state index in [0.717, 1.165) is 0 Å². The number of nitrogens with zero attached hydrogens (tertiary/aromatic N) is 2. The number of carbonyl (C=O) groups is 2. The Balaban J connectivity index is 1.94. The van der Waals surface area contributed by atoms with E-state index in [4.69, 9.17) is 16.3 Å². The van der Waals surface area contributed by atoms with Gasteiger partial charge in [-0.1, -0.05) is 44.5 Å². The maximum absolute atomic E-state index is 12.3. The van der Waals surface area contributed by atoms with Gasteiger partial charge in [0, 0.05) is 24.4 Å². The number of ether oxygens (including phenoxy) is 1. The lowest BCUT2D eigenvalue weighted by Gasteiger charge is -2.19. The second-order valence-corrected chi connectivity index (χ2v) is 8.00. The smallest absolute Gasteiger partial charge is 0.331 e. The number of aryl methyl sites for hydroxylation is 2. The number of carbonyl (C=O) groups excluding carboxylic acids is 2. The van der Waals surface area contributed by atoms with Gasteiger partial charge < -0.3 is 10.1 Å². The second-order valence-electron chi connectivity index (χ2n) is 7.64. The van der Waals surface area contributed by atoms with Gasteiger partial charge in [0.1, 0.15) is 5.15 Å². The Morgan fingerprint density at radius 3 is 2.36 bits per heavy atom. The number of amides is 1. The van der Waals surface area contributed by atoms with Crippen LogP contribution in [0.4, 0.5) is 5.69 Å². The highest BCUT2D eigenvalue weighted by Gasteiger charge is 2.18. The van der Waals surface area contributed by atoms with Crippen LogP contribution in [-0.4, -0.2) is 27.8 Å². The van der Waals surface area contributed by atoms with Gasteiger partial charge in [0.05, 0.1) is 5.69 Å². The Labute approximate surface area is 170 Å². The highest BCUT2D eigenvalue weighted by molar-refractivity contribution is 6.31. The third-order valence-electron chi connectivity index (χ3n) is 4.26. The van der Waals surface area contributed by atoms with Crippen LogP contribution in [0.1, 0.15) is 44.5 Å². The van der Waals surface area contributed by atoms with Crippen molar-refractivity contribution in [1.29, 1.82) is 0 Å². The fraction of sp³-hybridized carbons (Fsp3) is 0.381. The molecule has 1 amide bonds. The summed E-state index contributed by atoms with van der Waals surface area (Å²) in [6.07, 6.45) is 1.82. The first-order chi connectivity index (χ1) is 13.0. The number of rotatable bonds is 5. The zero-order valence-corrected chi connectivity index (χ0v) is 17.8. The summed E-state index contributed by atoms with van der Waals surface area (Å²) in [5.41, 5.74) is 3.18. The topological polar surface area (TPSA) is 73.2 Å². The minimum Gasteiger partial charge on any atom is -0.449 e. The SMILES string of the molecule is Cc1nn(C)c(Cl)c1/C=C\C(=O)O[C@H](C)C(=O)Nc1ccc(C(C)(C)C)cc1. The van der Waals surface area contributed by atoms with Crippen molar-refractivity contribution in [2.24, 2.45) is 7.05 Å². The van der Waals surface area contributed by atoms with E-state index in [1.54, 1.807) is 14.0 Å². The predicted octanol–water partition coefficient (Wildman–Crippen LogP) is 4.26. The van der Waals surface area contributed by atoms with Crippen molar-refractivity contribution in [1.82, 2.24) is 9.78 Å². The van der Waals surface area contributed by atoms with E-state index >= 15 is 0 Å². The normalized spacial score (nSPS) is 12.8. The minimum atomic E-state index is -0.940. The van der Waals surface area contributed by atoms with Crippen LogP contribution in [0.25, 0.3) is 6.08 Å². The lowest BCUT2D eigenvalue weighted by molar-refractivity contribution is -0.148. The summed E-state index contributed by atoms with van der Waals surface area (Å²) >= 11 is 6.12. The van der Waals surface area contributed by atoms with Crippen LogP contribution in [0.5, 0.6) is 0 Å². The first-order valence-electron chi connectivity index (χ1n) is 8.98. The van der Waals surface area contributed by atoms with E-state index in [1.807, 2.05) is 24.3 Å². The number of hydrogen-bond donors (Lipinski definition) is 1. The van der Waals surface area contributed by atoms with E-state index < -0.39 is 18.0 Å². The number of nitrogens with one attached hydrogen (secondary N) is 1. The molecule has 2 aromatic rings. The monoisotopic (exact) mass is 403 g/mol. The molecule has 0 unspecified atom stereocenters. The molecular formula is C21H26ClN3O3. The van der Waals surface area contributed by atoms with E-state index in [2.05, 4.69) is 31.2 Å². The maximum Gasteiger partial charge on any atom is 0.331 e. The van der Waals surface area contributed by atoms with Crippen LogP contribution >= 0.6 is 11.6 Å². The number of hydrogen-bond acceptors (Lipinski definition) is 4. The number of aromatic nitrogens is 2. The molecule has 0 saturated carbocycles. The van der Waals surface area contributed by atoms with Crippen LogP contribution in [-0.2, 0) is 26.8 Å². The second kappa shape index (κ2) is 8.61. The van der Waals surface area contributed by atoms with Crippen molar-refractivity contribution < 1.29 is 14.3 Å².